The van der Waals surface area contributed by atoms with E-state index in [1.54, 1.807) is 18.4 Å². The van der Waals surface area contributed by atoms with E-state index in [0.717, 1.165) is 5.56 Å². The van der Waals surface area contributed by atoms with E-state index in [4.69, 9.17) is 0 Å². The van der Waals surface area contributed by atoms with Gasteiger partial charge in [-0.15, -0.1) is 11.3 Å². The van der Waals surface area contributed by atoms with Crippen LogP contribution in [0, 0.1) is 0 Å². The second kappa shape index (κ2) is 6.64. The fourth-order valence-corrected chi connectivity index (χ4v) is 4.67. The van der Waals surface area contributed by atoms with Gasteiger partial charge in [0.1, 0.15) is 4.90 Å². The average Bonchev–Trinajstić information content (AvgIpc) is 3.14. The standard InChI is InChI=1S/C16H20N4O2S2/c1-19(2)15(14-11-23-16-7-5-4-6-13(14)16)9-18-24(21,22)12-8-17-20(3)10-12/h4-8,10-11,15,18H,9H2,1-3H3. The number of hydrogen-bond donors (Lipinski definition) is 1. The van der Waals surface area contributed by atoms with Gasteiger partial charge in [-0.2, -0.15) is 5.10 Å². The third kappa shape index (κ3) is 3.36. The van der Waals surface area contributed by atoms with Gasteiger partial charge in [0.25, 0.3) is 0 Å². The van der Waals surface area contributed by atoms with Crippen molar-refractivity contribution in [1.82, 2.24) is 19.4 Å². The molecule has 1 aromatic carbocycles. The van der Waals surface area contributed by atoms with Crippen LogP contribution in [0.4, 0.5) is 0 Å². The van der Waals surface area contributed by atoms with Gasteiger partial charge in [0.2, 0.25) is 10.0 Å². The van der Waals surface area contributed by atoms with E-state index in [1.165, 1.54) is 27.2 Å². The van der Waals surface area contributed by atoms with Crippen molar-refractivity contribution < 1.29 is 8.42 Å². The fourth-order valence-electron chi connectivity index (χ4n) is 2.64. The van der Waals surface area contributed by atoms with Gasteiger partial charge >= 0.3 is 0 Å². The van der Waals surface area contributed by atoms with E-state index in [-0.39, 0.29) is 10.9 Å². The molecule has 0 saturated carbocycles. The predicted molar refractivity (Wildman–Crippen MR) is 96.6 cm³/mol. The lowest BCUT2D eigenvalue weighted by molar-refractivity contribution is 0.301. The van der Waals surface area contributed by atoms with Gasteiger partial charge < -0.3 is 4.90 Å². The smallest absolute Gasteiger partial charge is 0.243 e. The van der Waals surface area contributed by atoms with Crippen molar-refractivity contribution in [2.24, 2.45) is 7.05 Å². The van der Waals surface area contributed by atoms with Crippen molar-refractivity contribution >= 4 is 31.4 Å². The zero-order valence-electron chi connectivity index (χ0n) is 13.8. The van der Waals surface area contributed by atoms with Crippen molar-refractivity contribution in [2.75, 3.05) is 20.6 Å². The molecule has 128 valence electrons. The van der Waals surface area contributed by atoms with Crippen LogP contribution in [0.2, 0.25) is 0 Å². The molecule has 0 aliphatic rings. The third-order valence-electron chi connectivity index (χ3n) is 3.95. The number of nitrogens with zero attached hydrogens (tertiary/aromatic N) is 3. The first-order valence-corrected chi connectivity index (χ1v) is 9.85. The second-order valence-corrected chi connectivity index (χ2v) is 8.55. The molecule has 24 heavy (non-hydrogen) atoms. The Hall–Kier alpha value is -1.74. The lowest BCUT2D eigenvalue weighted by Gasteiger charge is -2.24. The number of likely N-dealkylation sites (N-methyl/N-ethyl adjacent to an activating group) is 1. The van der Waals surface area contributed by atoms with Crippen LogP contribution in [-0.4, -0.2) is 43.7 Å². The number of nitrogens with one attached hydrogen (secondary N) is 1. The number of fused-ring (bicyclic) bond motifs is 1. The lowest BCUT2D eigenvalue weighted by Crippen LogP contribution is -2.34. The topological polar surface area (TPSA) is 67.2 Å². The molecule has 0 saturated heterocycles. The van der Waals surface area contributed by atoms with E-state index in [2.05, 4.69) is 27.3 Å². The molecule has 2 aromatic heterocycles. The number of rotatable bonds is 6. The van der Waals surface area contributed by atoms with E-state index >= 15 is 0 Å². The third-order valence-corrected chi connectivity index (χ3v) is 6.31. The zero-order chi connectivity index (χ0) is 17.3. The zero-order valence-corrected chi connectivity index (χ0v) is 15.4. The molecule has 0 bridgehead atoms. The molecule has 8 heteroatoms. The quantitative estimate of drug-likeness (QED) is 0.728. The minimum atomic E-state index is -3.57. The molecule has 0 aliphatic carbocycles. The molecular weight excluding hydrogens is 344 g/mol. The van der Waals surface area contributed by atoms with E-state index in [9.17, 15) is 8.42 Å². The summed E-state index contributed by atoms with van der Waals surface area (Å²) in [5.74, 6) is 0. The molecular formula is C16H20N4O2S2. The Morgan fingerprint density at radius 3 is 2.75 bits per heavy atom. The average molecular weight is 364 g/mol. The van der Waals surface area contributed by atoms with E-state index in [0.29, 0.717) is 6.54 Å². The number of benzene rings is 1. The summed E-state index contributed by atoms with van der Waals surface area (Å²) in [7, 11) is 2.03. The van der Waals surface area contributed by atoms with Crippen LogP contribution in [-0.2, 0) is 17.1 Å². The minimum Gasteiger partial charge on any atom is -0.301 e. The van der Waals surface area contributed by atoms with Gasteiger partial charge in [0, 0.05) is 30.5 Å². The maximum atomic E-state index is 12.4. The summed E-state index contributed by atoms with van der Waals surface area (Å²) in [6.07, 6.45) is 2.85. The molecule has 0 spiro atoms. The van der Waals surface area contributed by atoms with Gasteiger partial charge in [-0.05, 0) is 36.5 Å². The predicted octanol–water partition coefficient (Wildman–Crippen LogP) is 2.22. The van der Waals surface area contributed by atoms with Crippen molar-refractivity contribution in [2.45, 2.75) is 10.9 Å². The van der Waals surface area contributed by atoms with E-state index < -0.39 is 10.0 Å². The van der Waals surface area contributed by atoms with Crippen LogP contribution in [0.1, 0.15) is 11.6 Å². The SMILES string of the molecule is CN(C)C(CNS(=O)(=O)c1cnn(C)c1)c1csc2ccccc12. The van der Waals surface area contributed by atoms with Gasteiger partial charge in [-0.3, -0.25) is 4.68 Å². The van der Waals surface area contributed by atoms with Crippen LogP contribution in [0.3, 0.4) is 0 Å². The molecule has 0 amide bonds. The normalized spacial score (nSPS) is 13.7. The highest BCUT2D eigenvalue weighted by atomic mass is 32.2. The van der Waals surface area contributed by atoms with Gasteiger partial charge in [-0.25, -0.2) is 13.1 Å². The number of sulfonamides is 1. The molecule has 1 atom stereocenters. The number of aromatic nitrogens is 2. The Labute approximate surface area is 145 Å². The Kier molecular flexibility index (Phi) is 4.73. The first-order chi connectivity index (χ1) is 11.4. The summed E-state index contributed by atoms with van der Waals surface area (Å²) >= 11 is 1.68. The molecule has 0 radical (unpaired) electrons. The van der Waals surface area contributed by atoms with Crippen LogP contribution < -0.4 is 4.72 Å². The summed E-state index contributed by atoms with van der Waals surface area (Å²) in [5, 5.41) is 7.20. The van der Waals surface area contributed by atoms with Gasteiger partial charge in [-0.1, -0.05) is 18.2 Å². The number of thiophene rings is 1. The summed E-state index contributed by atoms with van der Waals surface area (Å²) < 4.78 is 30.2. The minimum absolute atomic E-state index is 0.0485. The molecule has 1 unspecified atom stereocenters. The van der Waals surface area contributed by atoms with Gasteiger partial charge in [0.15, 0.2) is 0 Å². The summed E-state index contributed by atoms with van der Waals surface area (Å²) in [6, 6.07) is 8.12. The van der Waals surface area contributed by atoms with Crippen molar-refractivity contribution in [3.63, 3.8) is 0 Å². The Morgan fingerprint density at radius 1 is 1.33 bits per heavy atom. The fraction of sp³-hybridized carbons (Fsp3) is 0.312. The monoisotopic (exact) mass is 364 g/mol. The largest absolute Gasteiger partial charge is 0.301 e. The van der Waals surface area contributed by atoms with Crippen LogP contribution >= 0.6 is 11.3 Å². The van der Waals surface area contributed by atoms with E-state index in [1.807, 2.05) is 31.1 Å². The molecule has 3 aromatic rings. The molecule has 6 nitrogen and oxygen atoms in total. The lowest BCUT2D eigenvalue weighted by atomic mass is 10.1. The molecule has 2 heterocycles. The highest BCUT2D eigenvalue weighted by Crippen LogP contribution is 2.32. The maximum absolute atomic E-state index is 12.4. The summed E-state index contributed by atoms with van der Waals surface area (Å²) in [5.41, 5.74) is 1.13. The molecule has 1 N–H and O–H groups in total. The van der Waals surface area contributed by atoms with Crippen molar-refractivity contribution in [3.05, 3.63) is 47.6 Å². The molecule has 3 rings (SSSR count). The Bertz CT molecular complexity index is 944. The number of aryl methyl sites for hydroxylation is 1. The first-order valence-electron chi connectivity index (χ1n) is 7.49. The van der Waals surface area contributed by atoms with Crippen LogP contribution in [0.15, 0.2) is 46.9 Å². The molecule has 0 fully saturated rings. The summed E-state index contributed by atoms with van der Waals surface area (Å²) in [6.45, 7) is 0.297. The van der Waals surface area contributed by atoms with Crippen molar-refractivity contribution in [1.29, 1.82) is 0 Å². The summed E-state index contributed by atoms with van der Waals surface area (Å²) in [4.78, 5) is 2.21. The van der Waals surface area contributed by atoms with Gasteiger partial charge in [0.05, 0.1) is 6.20 Å². The van der Waals surface area contributed by atoms with Crippen LogP contribution in [0.25, 0.3) is 10.1 Å². The Morgan fingerprint density at radius 2 is 2.08 bits per heavy atom. The highest BCUT2D eigenvalue weighted by Gasteiger charge is 2.22. The van der Waals surface area contributed by atoms with Crippen LogP contribution in [0.5, 0.6) is 0 Å². The second-order valence-electron chi connectivity index (χ2n) is 5.87. The maximum Gasteiger partial charge on any atom is 0.243 e. The highest BCUT2D eigenvalue weighted by molar-refractivity contribution is 7.89. The Balaban J connectivity index is 1.85. The molecule has 0 aliphatic heterocycles. The van der Waals surface area contributed by atoms with Crippen molar-refractivity contribution in [3.8, 4) is 0 Å². The number of hydrogen-bond acceptors (Lipinski definition) is 5. The first kappa shape index (κ1) is 17.1.